The minimum Gasteiger partial charge on any atom is -0.329 e. The highest BCUT2D eigenvalue weighted by molar-refractivity contribution is 9.10. The summed E-state index contributed by atoms with van der Waals surface area (Å²) in [6, 6.07) is 5.17. The molecule has 0 aliphatic heterocycles. The van der Waals surface area contributed by atoms with E-state index in [0.29, 0.717) is 17.6 Å². The lowest BCUT2D eigenvalue weighted by molar-refractivity contribution is -0.385. The largest absolute Gasteiger partial charge is 0.329 e. The van der Waals surface area contributed by atoms with E-state index in [2.05, 4.69) is 21.2 Å². The number of hydrogen-bond acceptors (Lipinski definition) is 4. The van der Waals surface area contributed by atoms with Crippen molar-refractivity contribution in [1.82, 2.24) is 5.32 Å². The summed E-state index contributed by atoms with van der Waals surface area (Å²) >= 11 is 3.24. The molecule has 0 saturated carbocycles. The van der Waals surface area contributed by atoms with E-state index in [1.165, 1.54) is 6.07 Å². The second kappa shape index (κ2) is 5.93. The molecule has 88 valence electrons. The Morgan fingerprint density at radius 1 is 1.62 bits per heavy atom. The van der Waals surface area contributed by atoms with Gasteiger partial charge in [-0.15, -0.1) is 0 Å². The lowest BCUT2D eigenvalue weighted by Crippen LogP contribution is -2.32. The Labute approximate surface area is 102 Å². The summed E-state index contributed by atoms with van der Waals surface area (Å²) in [4.78, 5) is 10.3. The van der Waals surface area contributed by atoms with Crippen LogP contribution in [-0.2, 0) is 6.54 Å². The Morgan fingerprint density at radius 3 is 2.88 bits per heavy atom. The third kappa shape index (κ3) is 3.26. The molecule has 0 amide bonds. The molecule has 0 spiro atoms. The van der Waals surface area contributed by atoms with Gasteiger partial charge in [0.1, 0.15) is 0 Å². The van der Waals surface area contributed by atoms with Gasteiger partial charge in [0.15, 0.2) is 0 Å². The van der Waals surface area contributed by atoms with E-state index in [9.17, 15) is 10.1 Å². The first-order valence-corrected chi connectivity index (χ1v) is 5.70. The van der Waals surface area contributed by atoms with Crippen LogP contribution in [-0.4, -0.2) is 17.5 Å². The first kappa shape index (κ1) is 13.1. The Morgan fingerprint density at radius 2 is 2.31 bits per heavy atom. The third-order valence-corrected chi connectivity index (χ3v) is 3.17. The maximum atomic E-state index is 10.7. The summed E-state index contributed by atoms with van der Waals surface area (Å²) in [5, 5.41) is 13.9. The van der Waals surface area contributed by atoms with Crippen LogP contribution < -0.4 is 11.1 Å². The smallest absolute Gasteiger partial charge is 0.283 e. The Balaban J connectivity index is 2.81. The summed E-state index contributed by atoms with van der Waals surface area (Å²) in [5.74, 6) is 0. The fraction of sp³-hybridized carbons (Fsp3) is 0.400. The van der Waals surface area contributed by atoms with Gasteiger partial charge in [0.2, 0.25) is 0 Å². The van der Waals surface area contributed by atoms with Crippen molar-refractivity contribution in [2.75, 3.05) is 6.54 Å². The second-order valence-electron chi connectivity index (χ2n) is 3.53. The van der Waals surface area contributed by atoms with Crippen molar-refractivity contribution < 1.29 is 4.92 Å². The maximum absolute atomic E-state index is 10.7. The van der Waals surface area contributed by atoms with E-state index < -0.39 is 4.92 Å². The van der Waals surface area contributed by atoms with E-state index >= 15 is 0 Å². The summed E-state index contributed by atoms with van der Waals surface area (Å²) < 4.78 is 0.525. The number of hydrogen-bond donors (Lipinski definition) is 2. The molecule has 0 saturated heterocycles. The SMILES string of the molecule is C[C@H](CN)NCc1cccc([N+](=O)[O-])c1Br. The lowest BCUT2D eigenvalue weighted by Gasteiger charge is -2.12. The highest BCUT2D eigenvalue weighted by Gasteiger charge is 2.14. The molecule has 1 atom stereocenters. The van der Waals surface area contributed by atoms with Crippen molar-refractivity contribution in [1.29, 1.82) is 0 Å². The van der Waals surface area contributed by atoms with E-state index in [4.69, 9.17) is 5.73 Å². The summed E-state index contributed by atoms with van der Waals surface area (Å²) in [7, 11) is 0. The molecule has 0 aliphatic carbocycles. The van der Waals surface area contributed by atoms with Crippen LogP contribution in [0.15, 0.2) is 22.7 Å². The minimum absolute atomic E-state index is 0.0831. The molecule has 0 aliphatic rings. The van der Waals surface area contributed by atoms with Gasteiger partial charge in [-0.25, -0.2) is 0 Å². The number of nitro benzene ring substituents is 1. The zero-order chi connectivity index (χ0) is 12.1. The Kier molecular flexibility index (Phi) is 4.85. The number of halogens is 1. The van der Waals surface area contributed by atoms with Crippen LogP contribution in [0.1, 0.15) is 12.5 Å². The Bertz CT molecular complexity index is 384. The monoisotopic (exact) mass is 287 g/mol. The highest BCUT2D eigenvalue weighted by Crippen LogP contribution is 2.28. The molecule has 0 fully saturated rings. The van der Waals surface area contributed by atoms with Crippen LogP contribution in [0.2, 0.25) is 0 Å². The fourth-order valence-corrected chi connectivity index (χ4v) is 1.76. The molecular weight excluding hydrogens is 274 g/mol. The molecule has 0 bridgehead atoms. The number of nitrogens with two attached hydrogens (primary N) is 1. The molecule has 0 unspecified atom stereocenters. The number of nitro groups is 1. The van der Waals surface area contributed by atoms with Gasteiger partial charge in [-0.2, -0.15) is 0 Å². The topological polar surface area (TPSA) is 81.2 Å². The van der Waals surface area contributed by atoms with Gasteiger partial charge >= 0.3 is 0 Å². The van der Waals surface area contributed by atoms with Crippen molar-refractivity contribution in [2.24, 2.45) is 5.73 Å². The van der Waals surface area contributed by atoms with E-state index in [1.807, 2.05) is 13.0 Å². The third-order valence-electron chi connectivity index (χ3n) is 2.25. The van der Waals surface area contributed by atoms with Gasteiger partial charge in [-0.05, 0) is 28.4 Å². The van der Waals surface area contributed by atoms with Crippen molar-refractivity contribution in [3.05, 3.63) is 38.3 Å². The van der Waals surface area contributed by atoms with E-state index in [1.54, 1.807) is 6.07 Å². The van der Waals surface area contributed by atoms with Crippen LogP contribution in [0.3, 0.4) is 0 Å². The average molecular weight is 288 g/mol. The molecule has 5 nitrogen and oxygen atoms in total. The molecule has 6 heteroatoms. The molecular formula is C10H14BrN3O2. The fourth-order valence-electron chi connectivity index (χ4n) is 1.21. The summed E-state index contributed by atoms with van der Waals surface area (Å²) in [5.41, 5.74) is 6.41. The molecule has 0 radical (unpaired) electrons. The predicted octanol–water partition coefficient (Wildman–Crippen LogP) is 1.79. The van der Waals surface area contributed by atoms with Gasteiger partial charge in [0.05, 0.1) is 9.40 Å². The first-order valence-electron chi connectivity index (χ1n) is 4.91. The first-order chi connectivity index (χ1) is 7.56. The van der Waals surface area contributed by atoms with Crippen LogP contribution in [0.5, 0.6) is 0 Å². The number of rotatable bonds is 5. The molecule has 0 heterocycles. The van der Waals surface area contributed by atoms with Gasteiger partial charge < -0.3 is 11.1 Å². The summed E-state index contributed by atoms with van der Waals surface area (Å²) in [6.07, 6.45) is 0. The lowest BCUT2D eigenvalue weighted by atomic mass is 10.2. The highest BCUT2D eigenvalue weighted by atomic mass is 79.9. The van der Waals surface area contributed by atoms with Crippen molar-refractivity contribution in [2.45, 2.75) is 19.5 Å². The van der Waals surface area contributed by atoms with Gasteiger partial charge in [0, 0.05) is 25.2 Å². The van der Waals surface area contributed by atoms with Gasteiger partial charge in [-0.1, -0.05) is 12.1 Å². The minimum atomic E-state index is -0.403. The number of nitrogens with zero attached hydrogens (tertiary/aromatic N) is 1. The number of nitrogens with one attached hydrogen (secondary N) is 1. The van der Waals surface area contributed by atoms with E-state index in [0.717, 1.165) is 5.56 Å². The van der Waals surface area contributed by atoms with Crippen molar-refractivity contribution >= 4 is 21.6 Å². The summed E-state index contributed by atoms with van der Waals surface area (Å²) in [6.45, 7) is 3.05. The van der Waals surface area contributed by atoms with E-state index in [-0.39, 0.29) is 11.7 Å². The molecule has 1 aromatic carbocycles. The normalized spacial score (nSPS) is 12.4. The van der Waals surface area contributed by atoms with Crippen LogP contribution >= 0.6 is 15.9 Å². The molecule has 3 N–H and O–H groups in total. The molecule has 0 aromatic heterocycles. The predicted molar refractivity (Wildman–Crippen MR) is 66.2 cm³/mol. The Hall–Kier alpha value is -0.980. The van der Waals surface area contributed by atoms with Gasteiger partial charge in [-0.3, -0.25) is 10.1 Å². The zero-order valence-corrected chi connectivity index (χ0v) is 10.5. The van der Waals surface area contributed by atoms with Crippen LogP contribution in [0.25, 0.3) is 0 Å². The van der Waals surface area contributed by atoms with Crippen LogP contribution in [0.4, 0.5) is 5.69 Å². The molecule has 16 heavy (non-hydrogen) atoms. The maximum Gasteiger partial charge on any atom is 0.283 e. The zero-order valence-electron chi connectivity index (χ0n) is 8.94. The number of benzene rings is 1. The quantitative estimate of drug-likeness (QED) is 0.639. The van der Waals surface area contributed by atoms with Crippen molar-refractivity contribution in [3.63, 3.8) is 0 Å². The van der Waals surface area contributed by atoms with Crippen LogP contribution in [0, 0.1) is 10.1 Å². The second-order valence-corrected chi connectivity index (χ2v) is 4.32. The standard InChI is InChI=1S/C10H14BrN3O2/c1-7(5-12)13-6-8-3-2-4-9(10(8)11)14(15)16/h2-4,7,13H,5-6,12H2,1H3/t7-/m1/s1. The van der Waals surface area contributed by atoms with Crippen molar-refractivity contribution in [3.8, 4) is 0 Å². The van der Waals surface area contributed by atoms with Gasteiger partial charge in [0.25, 0.3) is 5.69 Å². The average Bonchev–Trinajstić information content (AvgIpc) is 2.26. The molecule has 1 rings (SSSR count). The molecule has 1 aromatic rings.